The minimum atomic E-state index is -0.0509. The average Bonchev–Trinajstić information content (AvgIpc) is 2.88. The van der Waals surface area contributed by atoms with Crippen molar-refractivity contribution in [2.24, 2.45) is 0 Å². The summed E-state index contributed by atoms with van der Waals surface area (Å²) >= 11 is 6.23. The molecule has 0 unspecified atom stereocenters. The molecule has 2 heterocycles. The molecule has 1 aromatic carbocycles. The van der Waals surface area contributed by atoms with E-state index < -0.39 is 0 Å². The Bertz CT molecular complexity index is 479. The number of carbonyl (C=O) groups excluding carboxylic acids is 1. The Morgan fingerprint density at radius 2 is 2.19 bits per heavy atom. The van der Waals surface area contributed by atoms with Crippen molar-refractivity contribution < 1.29 is 4.79 Å². The van der Waals surface area contributed by atoms with Gasteiger partial charge < -0.3 is 10.6 Å². The summed E-state index contributed by atoms with van der Waals surface area (Å²) in [4.78, 5) is 14.3. The lowest BCUT2D eigenvalue weighted by Crippen LogP contribution is -2.21. The van der Waals surface area contributed by atoms with Crippen molar-refractivity contribution in [2.45, 2.75) is 0 Å². The van der Waals surface area contributed by atoms with Gasteiger partial charge in [-0.15, -0.1) is 11.3 Å². The van der Waals surface area contributed by atoms with Crippen LogP contribution in [0.15, 0.2) is 29.8 Å². The Morgan fingerprint density at radius 3 is 2.75 bits per heavy atom. The lowest BCUT2D eigenvalue weighted by Gasteiger charge is -1.83. The summed E-state index contributed by atoms with van der Waals surface area (Å²) in [6, 6.07) is 8.13. The molecule has 0 spiro atoms. The molecule has 1 fully saturated rings. The molecule has 0 bridgehead atoms. The fraction of sp³-hybridized carbons (Fsp3) is 0.100. The summed E-state index contributed by atoms with van der Waals surface area (Å²) in [7, 11) is 0. The van der Waals surface area contributed by atoms with Crippen LogP contribution in [0, 0.1) is 0 Å². The fourth-order valence-electron chi connectivity index (χ4n) is 1.18. The molecule has 0 atom stereocenters. The molecule has 1 aliphatic rings. The SMILES string of the molecule is O=C1CNC(=S)N1.c1ccc2scnc2c1. The highest BCUT2D eigenvalue weighted by atomic mass is 32.1. The van der Waals surface area contributed by atoms with Crippen molar-refractivity contribution in [3.05, 3.63) is 29.8 Å². The van der Waals surface area contributed by atoms with Crippen LogP contribution in [0.2, 0.25) is 0 Å². The van der Waals surface area contributed by atoms with Gasteiger partial charge in [0.05, 0.1) is 22.3 Å². The van der Waals surface area contributed by atoms with E-state index in [1.165, 1.54) is 4.70 Å². The number of aromatic nitrogens is 1. The van der Waals surface area contributed by atoms with E-state index in [4.69, 9.17) is 0 Å². The number of thiocarbonyl (C=S) groups is 1. The topological polar surface area (TPSA) is 54.0 Å². The van der Waals surface area contributed by atoms with Crippen LogP contribution in [0.5, 0.6) is 0 Å². The first-order valence-corrected chi connectivity index (χ1v) is 5.90. The first-order valence-electron chi connectivity index (χ1n) is 4.61. The maximum atomic E-state index is 10.2. The molecule has 1 saturated heterocycles. The average molecular weight is 251 g/mol. The Labute approximate surface area is 102 Å². The van der Waals surface area contributed by atoms with Crippen molar-refractivity contribution in [1.82, 2.24) is 15.6 Å². The standard InChI is InChI=1S/C7H5NS.C3H4N2OS/c1-2-4-7-6(3-1)8-5-9-7;6-2-1-4-3(7)5-2/h1-5H;1H2,(H2,4,5,6,7). The summed E-state index contributed by atoms with van der Waals surface area (Å²) in [5, 5.41) is 5.47. The predicted octanol–water partition coefficient (Wildman–Crippen LogP) is 1.29. The van der Waals surface area contributed by atoms with E-state index in [9.17, 15) is 4.79 Å². The van der Waals surface area contributed by atoms with Crippen molar-refractivity contribution in [1.29, 1.82) is 0 Å². The van der Waals surface area contributed by atoms with Crippen LogP contribution in [0.3, 0.4) is 0 Å². The zero-order chi connectivity index (χ0) is 11.4. The van der Waals surface area contributed by atoms with Gasteiger partial charge in [0.25, 0.3) is 0 Å². The number of rotatable bonds is 0. The van der Waals surface area contributed by atoms with E-state index in [0.29, 0.717) is 11.7 Å². The highest BCUT2D eigenvalue weighted by molar-refractivity contribution is 7.80. The predicted molar refractivity (Wildman–Crippen MR) is 68.4 cm³/mol. The maximum Gasteiger partial charge on any atom is 0.245 e. The van der Waals surface area contributed by atoms with Crippen LogP contribution < -0.4 is 10.6 Å². The third kappa shape index (κ3) is 2.74. The van der Waals surface area contributed by atoms with Crippen LogP contribution in [0.25, 0.3) is 10.2 Å². The van der Waals surface area contributed by atoms with Crippen LogP contribution in [-0.2, 0) is 4.79 Å². The van der Waals surface area contributed by atoms with Gasteiger partial charge in [-0.05, 0) is 24.4 Å². The Hall–Kier alpha value is -1.53. The minimum absolute atomic E-state index is 0.0509. The van der Waals surface area contributed by atoms with E-state index in [1.807, 2.05) is 23.7 Å². The Morgan fingerprint density at radius 1 is 1.38 bits per heavy atom. The minimum Gasteiger partial charge on any atom is -0.353 e. The number of thiazole rings is 1. The molecule has 1 aromatic heterocycles. The number of hydrogen-bond acceptors (Lipinski definition) is 4. The lowest BCUT2D eigenvalue weighted by atomic mass is 10.3. The molecule has 4 nitrogen and oxygen atoms in total. The van der Waals surface area contributed by atoms with Crippen molar-refractivity contribution in [3.63, 3.8) is 0 Å². The smallest absolute Gasteiger partial charge is 0.245 e. The number of carbonyl (C=O) groups is 1. The quantitative estimate of drug-likeness (QED) is 0.693. The first-order chi connectivity index (χ1) is 7.75. The Kier molecular flexibility index (Phi) is 3.43. The number of nitrogens with zero attached hydrogens (tertiary/aromatic N) is 1. The van der Waals surface area contributed by atoms with Gasteiger partial charge >= 0.3 is 0 Å². The monoisotopic (exact) mass is 251 g/mol. The van der Waals surface area contributed by atoms with Crippen LogP contribution >= 0.6 is 23.6 Å². The second kappa shape index (κ2) is 5.00. The second-order valence-corrected chi connectivity index (χ2v) is 4.35. The zero-order valence-corrected chi connectivity index (χ0v) is 9.90. The first kappa shape index (κ1) is 11.0. The highest BCUT2D eigenvalue weighted by Crippen LogP contribution is 2.15. The summed E-state index contributed by atoms with van der Waals surface area (Å²) in [6.07, 6.45) is 0. The van der Waals surface area contributed by atoms with Gasteiger partial charge in [-0.3, -0.25) is 4.79 Å². The molecule has 6 heteroatoms. The number of nitrogens with one attached hydrogen (secondary N) is 2. The molecule has 3 rings (SSSR count). The van der Waals surface area contributed by atoms with Gasteiger partial charge in [0.2, 0.25) is 5.91 Å². The van der Waals surface area contributed by atoms with Crippen molar-refractivity contribution >= 4 is 44.8 Å². The molecular formula is C10H9N3OS2. The number of fused-ring (bicyclic) bond motifs is 1. The molecule has 82 valence electrons. The summed E-state index contributed by atoms with van der Waals surface area (Å²) in [5.74, 6) is -0.0509. The van der Waals surface area contributed by atoms with Crippen LogP contribution in [0.4, 0.5) is 0 Å². The van der Waals surface area contributed by atoms with Crippen LogP contribution in [-0.4, -0.2) is 22.5 Å². The molecule has 2 aromatic rings. The van der Waals surface area contributed by atoms with Gasteiger partial charge in [-0.25, -0.2) is 4.98 Å². The van der Waals surface area contributed by atoms with E-state index in [-0.39, 0.29) is 5.91 Å². The number of benzene rings is 1. The van der Waals surface area contributed by atoms with Gasteiger partial charge in [-0.1, -0.05) is 12.1 Å². The molecular weight excluding hydrogens is 242 g/mol. The third-order valence-electron chi connectivity index (χ3n) is 1.90. The van der Waals surface area contributed by atoms with Gasteiger partial charge in [0.15, 0.2) is 5.11 Å². The summed E-state index contributed by atoms with van der Waals surface area (Å²) in [5.41, 5.74) is 2.97. The Balaban J connectivity index is 0.000000125. The fourth-order valence-corrected chi connectivity index (χ4v) is 2.04. The summed E-state index contributed by atoms with van der Waals surface area (Å²) < 4.78 is 1.26. The normalized spacial score (nSPS) is 14.0. The van der Waals surface area contributed by atoms with Crippen molar-refractivity contribution in [3.8, 4) is 0 Å². The molecule has 16 heavy (non-hydrogen) atoms. The van der Waals surface area contributed by atoms with E-state index >= 15 is 0 Å². The number of para-hydroxylation sites is 1. The maximum absolute atomic E-state index is 10.2. The van der Waals surface area contributed by atoms with E-state index in [0.717, 1.165) is 5.52 Å². The molecule has 1 aliphatic heterocycles. The van der Waals surface area contributed by atoms with Gasteiger partial charge in [0, 0.05) is 0 Å². The zero-order valence-electron chi connectivity index (χ0n) is 8.27. The molecule has 0 saturated carbocycles. The van der Waals surface area contributed by atoms with Crippen molar-refractivity contribution in [2.75, 3.05) is 6.54 Å². The van der Waals surface area contributed by atoms with E-state index in [2.05, 4.69) is 33.9 Å². The lowest BCUT2D eigenvalue weighted by molar-refractivity contribution is -0.117. The second-order valence-electron chi connectivity index (χ2n) is 3.05. The number of amides is 1. The van der Waals surface area contributed by atoms with Gasteiger partial charge in [0.1, 0.15) is 0 Å². The van der Waals surface area contributed by atoms with E-state index in [1.54, 1.807) is 11.3 Å². The van der Waals surface area contributed by atoms with Gasteiger partial charge in [-0.2, -0.15) is 0 Å². The molecule has 0 radical (unpaired) electrons. The molecule has 0 aliphatic carbocycles. The molecule has 1 amide bonds. The highest BCUT2D eigenvalue weighted by Gasteiger charge is 2.10. The number of hydrogen-bond donors (Lipinski definition) is 2. The largest absolute Gasteiger partial charge is 0.353 e. The molecule has 2 N–H and O–H groups in total. The summed E-state index contributed by atoms with van der Waals surface area (Å²) in [6.45, 7) is 0.332. The third-order valence-corrected chi connectivity index (χ3v) is 2.96. The van der Waals surface area contributed by atoms with Crippen LogP contribution in [0.1, 0.15) is 0 Å².